The quantitative estimate of drug-likeness (QED) is 0.398. The molecule has 1 saturated carbocycles. The summed E-state index contributed by atoms with van der Waals surface area (Å²) in [5, 5.41) is 8.30. The molecule has 1 unspecified atom stereocenters. The third-order valence-corrected chi connectivity index (χ3v) is 7.21. The number of hydrogen-bond acceptors (Lipinski definition) is 4. The normalized spacial score (nSPS) is 20.2. The molecule has 186 valence electrons. The molecule has 2 aromatic rings. The summed E-state index contributed by atoms with van der Waals surface area (Å²) in [6, 6.07) is 8.45. The monoisotopic (exact) mass is 512 g/mol. The van der Waals surface area contributed by atoms with E-state index in [1.54, 1.807) is 12.1 Å². The van der Waals surface area contributed by atoms with Crippen LogP contribution in [0.1, 0.15) is 38.2 Å². The molecule has 0 aromatic heterocycles. The Morgan fingerprint density at radius 1 is 1.18 bits per heavy atom. The van der Waals surface area contributed by atoms with Crippen LogP contribution in [-0.2, 0) is 15.3 Å². The molecule has 2 aromatic carbocycles. The van der Waals surface area contributed by atoms with Crippen LogP contribution in [0.5, 0.6) is 5.75 Å². The van der Waals surface area contributed by atoms with E-state index < -0.39 is 15.7 Å². The number of fused-ring (bicyclic) bond motifs is 3. The van der Waals surface area contributed by atoms with Crippen LogP contribution >= 0.6 is 11.6 Å². The predicted octanol–water partition coefficient (Wildman–Crippen LogP) is 5.96. The Balaban J connectivity index is 0.000000294. The van der Waals surface area contributed by atoms with Crippen molar-refractivity contribution >= 4 is 21.4 Å². The van der Waals surface area contributed by atoms with Crippen molar-refractivity contribution in [2.75, 3.05) is 19.5 Å². The zero-order chi connectivity index (χ0) is 25.9. The van der Waals surface area contributed by atoms with Gasteiger partial charge in [-0.3, -0.25) is 0 Å². The summed E-state index contributed by atoms with van der Waals surface area (Å²) < 4.78 is 55.0. The minimum atomic E-state index is -3.08. The van der Waals surface area contributed by atoms with Crippen LogP contribution in [0.25, 0.3) is 0 Å². The van der Waals surface area contributed by atoms with Crippen molar-refractivity contribution in [2.24, 2.45) is 5.92 Å². The molecule has 1 fully saturated rings. The van der Waals surface area contributed by atoms with Crippen LogP contribution in [0, 0.1) is 30.4 Å². The first-order valence-electron chi connectivity index (χ1n) is 10.7. The molecule has 34 heavy (non-hydrogen) atoms. The molecule has 1 aliphatic heterocycles. The molecule has 0 amide bonds. The van der Waals surface area contributed by atoms with Gasteiger partial charge in [0.25, 0.3) is 0 Å². The topological polar surface area (TPSA) is 63.6 Å². The molecular formula is C26H31ClF2O4S. The van der Waals surface area contributed by atoms with Crippen molar-refractivity contribution in [1.29, 1.82) is 0 Å². The second-order valence-electron chi connectivity index (χ2n) is 8.10. The second kappa shape index (κ2) is 13.5. The van der Waals surface area contributed by atoms with E-state index in [0.717, 1.165) is 38.0 Å². The zero-order valence-corrected chi connectivity index (χ0v) is 21.0. The standard InChI is InChI=1S/C14H16F2O.C7H7ClO2S.C3H6O.C2H2/c1-14-7-3-2-4-9(14)8-17-13-11(16)6-5-10(15)12(13)14;1-11(9,10)7-4-2-6(8)3-5-7;1-2-3-4;1-2/h5-6,9H,2-4,7-8H2,1H3;2-5H,1H3;2,4H,1,3H2;1-2H/t9?,14-;;;/m1.../s1. The summed E-state index contributed by atoms with van der Waals surface area (Å²) in [6.07, 6.45) is 14.8. The van der Waals surface area contributed by atoms with Crippen LogP contribution in [-0.4, -0.2) is 33.0 Å². The summed E-state index contributed by atoms with van der Waals surface area (Å²) in [4.78, 5) is 0.293. The van der Waals surface area contributed by atoms with Gasteiger partial charge in [0.1, 0.15) is 5.82 Å². The minimum absolute atomic E-state index is 0.0833. The third kappa shape index (κ3) is 7.56. The highest BCUT2D eigenvalue weighted by atomic mass is 35.5. The van der Waals surface area contributed by atoms with Crippen molar-refractivity contribution in [2.45, 2.75) is 42.9 Å². The van der Waals surface area contributed by atoms with Crippen LogP contribution < -0.4 is 4.74 Å². The van der Waals surface area contributed by atoms with E-state index in [2.05, 4.69) is 26.3 Å². The summed E-state index contributed by atoms with van der Waals surface area (Å²) >= 11 is 5.57. The van der Waals surface area contributed by atoms with Crippen LogP contribution in [0.2, 0.25) is 5.02 Å². The number of benzene rings is 2. The predicted molar refractivity (Wildman–Crippen MR) is 133 cm³/mol. The highest BCUT2D eigenvalue weighted by Gasteiger charge is 2.45. The van der Waals surface area contributed by atoms with Gasteiger partial charge in [-0.05, 0) is 49.2 Å². The SMILES string of the molecule is C#C.C=CCO.CS(=O)(=O)c1ccc(Cl)cc1.C[C@@]12CCCCC1COc1c(F)ccc(F)c12. The Labute approximate surface area is 206 Å². The molecule has 8 heteroatoms. The first-order chi connectivity index (χ1) is 16.0. The van der Waals surface area contributed by atoms with Gasteiger partial charge in [0, 0.05) is 28.2 Å². The molecule has 4 nitrogen and oxygen atoms in total. The minimum Gasteiger partial charge on any atom is -0.490 e. The van der Waals surface area contributed by atoms with Crippen molar-refractivity contribution in [1.82, 2.24) is 0 Å². The van der Waals surface area contributed by atoms with Crippen LogP contribution in [0.4, 0.5) is 8.78 Å². The smallest absolute Gasteiger partial charge is 0.175 e. The maximum Gasteiger partial charge on any atom is 0.175 e. The molecule has 2 atom stereocenters. The summed E-state index contributed by atoms with van der Waals surface area (Å²) in [7, 11) is -3.08. The van der Waals surface area contributed by atoms with Gasteiger partial charge in [-0.15, -0.1) is 19.4 Å². The molecule has 2 aliphatic rings. The van der Waals surface area contributed by atoms with Crippen LogP contribution in [0.3, 0.4) is 0 Å². The van der Waals surface area contributed by atoms with E-state index in [0.29, 0.717) is 28.0 Å². The van der Waals surface area contributed by atoms with E-state index in [1.165, 1.54) is 24.3 Å². The number of sulfone groups is 1. The van der Waals surface area contributed by atoms with Gasteiger partial charge in [0.15, 0.2) is 21.4 Å². The van der Waals surface area contributed by atoms with Crippen LogP contribution in [0.15, 0.2) is 53.9 Å². The molecule has 1 N–H and O–H groups in total. The van der Waals surface area contributed by atoms with Crippen molar-refractivity contribution in [3.8, 4) is 18.6 Å². The maximum absolute atomic E-state index is 14.0. The molecule has 0 bridgehead atoms. The largest absolute Gasteiger partial charge is 0.490 e. The summed E-state index contributed by atoms with van der Waals surface area (Å²) in [5.74, 6) is -0.298. The second-order valence-corrected chi connectivity index (χ2v) is 10.6. The average Bonchev–Trinajstić information content (AvgIpc) is 2.82. The fraction of sp³-hybridized carbons (Fsp3) is 0.385. The Bertz CT molecular complexity index is 1070. The molecule has 0 saturated heterocycles. The lowest BCUT2D eigenvalue weighted by atomic mass is 9.62. The average molecular weight is 513 g/mol. The molecular weight excluding hydrogens is 482 g/mol. The van der Waals surface area contributed by atoms with Gasteiger partial charge < -0.3 is 9.84 Å². The van der Waals surface area contributed by atoms with Gasteiger partial charge in [-0.25, -0.2) is 17.2 Å². The zero-order valence-electron chi connectivity index (χ0n) is 19.4. The number of rotatable bonds is 2. The lowest BCUT2D eigenvalue weighted by molar-refractivity contribution is 0.0906. The lowest BCUT2D eigenvalue weighted by Gasteiger charge is -2.45. The highest BCUT2D eigenvalue weighted by Crippen LogP contribution is 2.51. The molecule has 0 radical (unpaired) electrons. The number of aliphatic hydroxyl groups excluding tert-OH is 1. The number of halogens is 3. The van der Waals surface area contributed by atoms with Crippen molar-refractivity contribution in [3.05, 3.63) is 71.3 Å². The van der Waals surface area contributed by atoms with E-state index >= 15 is 0 Å². The number of aliphatic hydroxyl groups is 1. The Hall–Kier alpha value is -2.40. The molecule has 1 heterocycles. The van der Waals surface area contributed by atoms with E-state index in [9.17, 15) is 17.2 Å². The Morgan fingerprint density at radius 3 is 2.26 bits per heavy atom. The van der Waals surface area contributed by atoms with Gasteiger partial charge in [0.05, 0.1) is 18.1 Å². The third-order valence-electron chi connectivity index (χ3n) is 5.83. The molecule has 0 spiro atoms. The van der Waals surface area contributed by atoms with Gasteiger partial charge in [-0.1, -0.05) is 37.4 Å². The number of hydrogen-bond donors (Lipinski definition) is 1. The van der Waals surface area contributed by atoms with Crippen molar-refractivity contribution < 1.29 is 27.0 Å². The van der Waals surface area contributed by atoms with E-state index in [-0.39, 0.29) is 23.6 Å². The Kier molecular flexibility index (Phi) is 11.7. The molecule has 4 rings (SSSR count). The van der Waals surface area contributed by atoms with Gasteiger partial charge in [0.2, 0.25) is 0 Å². The fourth-order valence-electron chi connectivity index (χ4n) is 4.07. The van der Waals surface area contributed by atoms with E-state index in [1.807, 2.05) is 0 Å². The van der Waals surface area contributed by atoms with Gasteiger partial charge >= 0.3 is 0 Å². The van der Waals surface area contributed by atoms with Gasteiger partial charge in [-0.2, -0.15) is 0 Å². The molecule has 1 aliphatic carbocycles. The first-order valence-corrected chi connectivity index (χ1v) is 12.9. The fourth-order valence-corrected chi connectivity index (χ4v) is 4.83. The van der Waals surface area contributed by atoms with Crippen molar-refractivity contribution in [3.63, 3.8) is 0 Å². The highest BCUT2D eigenvalue weighted by molar-refractivity contribution is 7.90. The first kappa shape index (κ1) is 29.6. The Morgan fingerprint density at radius 2 is 1.74 bits per heavy atom. The number of ether oxygens (including phenoxy) is 1. The summed E-state index contributed by atoms with van der Waals surface area (Å²) in [6.45, 7) is 5.89. The summed E-state index contributed by atoms with van der Waals surface area (Å²) in [5.41, 5.74) is 0.214. The lowest BCUT2D eigenvalue weighted by Crippen LogP contribution is -2.43. The van der Waals surface area contributed by atoms with E-state index in [4.69, 9.17) is 21.4 Å². The number of terminal acetylenes is 1. The maximum atomic E-state index is 14.0.